The zero-order valence-electron chi connectivity index (χ0n) is 13.0. The number of benzene rings is 1. The van der Waals surface area contributed by atoms with Crippen LogP contribution in [-0.4, -0.2) is 22.3 Å². The number of carbonyl (C=O) groups excluding carboxylic acids is 1. The molecular weight excluding hydrogens is 304 g/mol. The van der Waals surface area contributed by atoms with Crippen LogP contribution in [0.5, 0.6) is 0 Å². The Bertz CT molecular complexity index is 865. The van der Waals surface area contributed by atoms with Crippen LogP contribution in [0.1, 0.15) is 39.0 Å². The average Bonchev–Trinajstić information content (AvgIpc) is 3.22. The Morgan fingerprint density at radius 2 is 2.09 bits per heavy atom. The minimum atomic E-state index is 0.0999. The number of hydrogen-bond donors (Lipinski definition) is 0. The fourth-order valence-electron chi connectivity index (χ4n) is 3.37. The van der Waals surface area contributed by atoms with Crippen molar-refractivity contribution >= 4 is 28.1 Å². The smallest absolute Gasteiger partial charge is 0.256 e. The van der Waals surface area contributed by atoms with Gasteiger partial charge in [0.25, 0.3) is 5.91 Å². The van der Waals surface area contributed by atoms with Gasteiger partial charge in [-0.25, -0.2) is 0 Å². The molecule has 0 aliphatic carbocycles. The molecule has 0 bridgehead atoms. The van der Waals surface area contributed by atoms with Crippen molar-refractivity contribution in [2.45, 2.75) is 25.8 Å². The van der Waals surface area contributed by atoms with Gasteiger partial charge in [-0.3, -0.25) is 9.78 Å². The highest BCUT2D eigenvalue weighted by Crippen LogP contribution is 2.37. The molecule has 4 heteroatoms. The van der Waals surface area contributed by atoms with Gasteiger partial charge in [-0.15, -0.1) is 11.3 Å². The molecule has 1 amide bonds. The lowest BCUT2D eigenvalue weighted by atomic mass is 10.1. The fraction of sp³-hybridized carbons (Fsp3) is 0.263. The highest BCUT2D eigenvalue weighted by molar-refractivity contribution is 7.12. The van der Waals surface area contributed by atoms with Crippen molar-refractivity contribution in [3.8, 4) is 0 Å². The van der Waals surface area contributed by atoms with Gasteiger partial charge in [0.1, 0.15) is 0 Å². The molecule has 1 unspecified atom stereocenters. The van der Waals surface area contributed by atoms with E-state index in [9.17, 15) is 4.79 Å². The number of para-hydroxylation sites is 1. The van der Waals surface area contributed by atoms with Gasteiger partial charge in [0.05, 0.1) is 17.1 Å². The summed E-state index contributed by atoms with van der Waals surface area (Å²) in [5.41, 5.74) is 1.51. The number of carbonyl (C=O) groups is 1. The normalized spacial score (nSPS) is 17.8. The van der Waals surface area contributed by atoms with Crippen LogP contribution in [0.3, 0.4) is 0 Å². The van der Waals surface area contributed by atoms with Crippen molar-refractivity contribution in [3.63, 3.8) is 0 Å². The molecule has 1 aliphatic rings. The number of thiophene rings is 1. The Morgan fingerprint density at radius 3 is 2.91 bits per heavy atom. The molecule has 3 heterocycles. The molecule has 4 rings (SSSR count). The summed E-state index contributed by atoms with van der Waals surface area (Å²) in [6, 6.07) is 14.3. The third kappa shape index (κ3) is 2.53. The SMILES string of the molecule is Cc1ccc(C2CCCN2C(=O)c2cccc3cccnc23)s1. The molecule has 0 spiro atoms. The molecule has 1 saturated heterocycles. The largest absolute Gasteiger partial charge is 0.331 e. The van der Waals surface area contributed by atoms with E-state index in [0.29, 0.717) is 5.56 Å². The van der Waals surface area contributed by atoms with Gasteiger partial charge in [-0.05, 0) is 44.0 Å². The topological polar surface area (TPSA) is 33.2 Å². The molecule has 3 aromatic rings. The van der Waals surface area contributed by atoms with E-state index in [1.54, 1.807) is 17.5 Å². The molecule has 23 heavy (non-hydrogen) atoms. The van der Waals surface area contributed by atoms with Crippen LogP contribution in [0.2, 0.25) is 0 Å². The minimum Gasteiger partial charge on any atom is -0.331 e. The zero-order valence-corrected chi connectivity index (χ0v) is 13.8. The summed E-state index contributed by atoms with van der Waals surface area (Å²) in [5.74, 6) is 0.0999. The number of pyridine rings is 1. The second-order valence-corrected chi connectivity index (χ2v) is 7.31. The molecule has 2 aromatic heterocycles. The average molecular weight is 322 g/mol. The molecule has 1 atom stereocenters. The Balaban J connectivity index is 1.72. The lowest BCUT2D eigenvalue weighted by Gasteiger charge is -2.24. The standard InChI is InChI=1S/C19H18N2OS/c1-13-9-10-17(23-13)16-8-4-12-21(16)19(22)15-7-2-5-14-6-3-11-20-18(14)15/h2-3,5-7,9-11,16H,4,8,12H2,1H3. The van der Waals surface area contributed by atoms with Crippen LogP contribution < -0.4 is 0 Å². The maximum atomic E-state index is 13.1. The molecule has 116 valence electrons. The van der Waals surface area contributed by atoms with E-state index in [1.807, 2.05) is 35.2 Å². The van der Waals surface area contributed by atoms with Crippen LogP contribution in [0.25, 0.3) is 10.9 Å². The van der Waals surface area contributed by atoms with Crippen molar-refractivity contribution in [2.75, 3.05) is 6.54 Å². The minimum absolute atomic E-state index is 0.0999. The van der Waals surface area contributed by atoms with Gasteiger partial charge < -0.3 is 4.90 Å². The number of rotatable bonds is 2. The maximum Gasteiger partial charge on any atom is 0.256 e. The first-order valence-corrected chi connectivity index (χ1v) is 8.77. The van der Waals surface area contributed by atoms with Gasteiger partial charge in [0, 0.05) is 27.9 Å². The van der Waals surface area contributed by atoms with Gasteiger partial charge in [-0.1, -0.05) is 18.2 Å². The first kappa shape index (κ1) is 14.4. The van der Waals surface area contributed by atoms with Crippen molar-refractivity contribution in [1.29, 1.82) is 0 Å². The number of aryl methyl sites for hydroxylation is 1. The molecule has 0 radical (unpaired) electrons. The predicted molar refractivity (Wildman–Crippen MR) is 93.8 cm³/mol. The third-order valence-electron chi connectivity index (χ3n) is 4.47. The number of nitrogens with zero attached hydrogens (tertiary/aromatic N) is 2. The zero-order chi connectivity index (χ0) is 15.8. The van der Waals surface area contributed by atoms with E-state index in [-0.39, 0.29) is 11.9 Å². The molecule has 0 N–H and O–H groups in total. The van der Waals surface area contributed by atoms with Gasteiger partial charge in [-0.2, -0.15) is 0 Å². The molecule has 1 fully saturated rings. The monoisotopic (exact) mass is 322 g/mol. The summed E-state index contributed by atoms with van der Waals surface area (Å²) in [6.45, 7) is 2.94. The van der Waals surface area contributed by atoms with Gasteiger partial charge >= 0.3 is 0 Å². The summed E-state index contributed by atoms with van der Waals surface area (Å²) >= 11 is 1.80. The number of fused-ring (bicyclic) bond motifs is 1. The van der Waals surface area contributed by atoms with Crippen molar-refractivity contribution in [3.05, 3.63) is 64.0 Å². The third-order valence-corrected chi connectivity index (χ3v) is 5.57. The number of amides is 1. The second-order valence-electron chi connectivity index (χ2n) is 5.99. The van der Waals surface area contributed by atoms with Crippen LogP contribution in [-0.2, 0) is 0 Å². The summed E-state index contributed by atoms with van der Waals surface area (Å²) in [6.07, 6.45) is 3.86. The summed E-state index contributed by atoms with van der Waals surface area (Å²) in [7, 11) is 0. The van der Waals surface area contributed by atoms with E-state index >= 15 is 0 Å². The summed E-state index contributed by atoms with van der Waals surface area (Å²) in [4.78, 5) is 22.2. The van der Waals surface area contributed by atoms with Gasteiger partial charge in [0.2, 0.25) is 0 Å². The molecule has 1 aromatic carbocycles. The molecule has 0 saturated carbocycles. The maximum absolute atomic E-state index is 13.1. The number of aromatic nitrogens is 1. The first-order chi connectivity index (χ1) is 11.2. The van der Waals surface area contributed by atoms with Crippen LogP contribution in [0.4, 0.5) is 0 Å². The summed E-state index contributed by atoms with van der Waals surface area (Å²) < 4.78 is 0. The Hall–Kier alpha value is -2.20. The number of likely N-dealkylation sites (tertiary alicyclic amines) is 1. The Morgan fingerprint density at radius 1 is 1.22 bits per heavy atom. The Labute approximate surface area is 139 Å². The van der Waals surface area contributed by atoms with E-state index in [1.165, 1.54) is 9.75 Å². The second kappa shape index (κ2) is 5.78. The van der Waals surface area contributed by atoms with Crippen LogP contribution >= 0.6 is 11.3 Å². The highest BCUT2D eigenvalue weighted by atomic mass is 32.1. The number of hydrogen-bond acceptors (Lipinski definition) is 3. The van der Waals surface area contributed by atoms with E-state index in [2.05, 4.69) is 24.0 Å². The molecular formula is C19H18N2OS. The molecule has 3 nitrogen and oxygen atoms in total. The highest BCUT2D eigenvalue weighted by Gasteiger charge is 2.32. The van der Waals surface area contributed by atoms with Crippen molar-refractivity contribution in [1.82, 2.24) is 9.88 Å². The predicted octanol–water partition coefficient (Wildman–Crippen LogP) is 4.58. The van der Waals surface area contributed by atoms with Crippen molar-refractivity contribution in [2.24, 2.45) is 0 Å². The van der Waals surface area contributed by atoms with Crippen molar-refractivity contribution < 1.29 is 4.79 Å². The van der Waals surface area contributed by atoms with Crippen LogP contribution in [0, 0.1) is 6.92 Å². The lowest BCUT2D eigenvalue weighted by molar-refractivity contribution is 0.0739. The first-order valence-electron chi connectivity index (χ1n) is 7.95. The summed E-state index contributed by atoms with van der Waals surface area (Å²) in [5, 5.41) is 1.01. The fourth-order valence-corrected chi connectivity index (χ4v) is 4.39. The Kier molecular flexibility index (Phi) is 3.62. The quantitative estimate of drug-likeness (QED) is 0.692. The van der Waals surface area contributed by atoms with E-state index < -0.39 is 0 Å². The lowest BCUT2D eigenvalue weighted by Crippen LogP contribution is -2.30. The van der Waals surface area contributed by atoms with Gasteiger partial charge in [0.15, 0.2) is 0 Å². The van der Waals surface area contributed by atoms with E-state index in [4.69, 9.17) is 0 Å². The van der Waals surface area contributed by atoms with Crippen LogP contribution in [0.15, 0.2) is 48.7 Å². The molecule has 1 aliphatic heterocycles. The van der Waals surface area contributed by atoms with E-state index in [0.717, 1.165) is 30.3 Å².